The predicted octanol–water partition coefficient (Wildman–Crippen LogP) is 3.14. The van der Waals surface area contributed by atoms with Crippen molar-refractivity contribution in [3.8, 4) is 0 Å². The van der Waals surface area contributed by atoms with Gasteiger partial charge in [0.2, 0.25) is 0 Å². The first-order valence-corrected chi connectivity index (χ1v) is 5.68. The largest absolute Gasteiger partial charge is 0.267 e. The molecular formula is C10H17BrN2. The number of aromatic nitrogens is 2. The van der Waals surface area contributed by atoms with Gasteiger partial charge in [-0.25, -0.2) is 0 Å². The molecule has 0 spiro atoms. The smallest absolute Gasteiger partial charge is 0.0543 e. The van der Waals surface area contributed by atoms with Crippen LogP contribution in [0.15, 0.2) is 12.4 Å². The van der Waals surface area contributed by atoms with Crippen LogP contribution >= 0.6 is 15.9 Å². The van der Waals surface area contributed by atoms with Gasteiger partial charge in [0.15, 0.2) is 0 Å². The molecule has 1 aromatic heterocycles. The van der Waals surface area contributed by atoms with Crippen LogP contribution in [0.5, 0.6) is 0 Å². The van der Waals surface area contributed by atoms with Crippen LogP contribution in [0, 0.1) is 0 Å². The minimum Gasteiger partial charge on any atom is -0.267 e. The fraction of sp³-hybridized carbons (Fsp3) is 0.700. The zero-order chi connectivity index (χ0) is 10.1. The maximum atomic E-state index is 4.35. The number of rotatable bonds is 2. The van der Waals surface area contributed by atoms with Gasteiger partial charge in [0, 0.05) is 11.5 Å². The summed E-state index contributed by atoms with van der Waals surface area (Å²) in [5.41, 5.74) is 1.39. The third-order valence-corrected chi connectivity index (χ3v) is 3.06. The Bertz CT molecular complexity index is 273. The first-order chi connectivity index (χ1) is 5.95. The van der Waals surface area contributed by atoms with Crippen LogP contribution in [0.2, 0.25) is 0 Å². The van der Waals surface area contributed by atoms with E-state index < -0.39 is 0 Å². The molecule has 0 radical (unpaired) electrons. The standard InChI is InChI=1S/C10H17BrN2/c1-8(5-11)9-6-12-13(7-9)10(2,3)4/h6-8H,5H2,1-4H3. The maximum Gasteiger partial charge on any atom is 0.0543 e. The molecule has 0 aliphatic heterocycles. The molecule has 1 atom stereocenters. The van der Waals surface area contributed by atoms with Crippen molar-refractivity contribution < 1.29 is 0 Å². The molecule has 0 fully saturated rings. The Morgan fingerprint density at radius 1 is 1.54 bits per heavy atom. The second-order valence-corrected chi connectivity index (χ2v) is 5.09. The lowest BCUT2D eigenvalue weighted by atomic mass is 10.1. The van der Waals surface area contributed by atoms with Crippen molar-refractivity contribution in [1.29, 1.82) is 0 Å². The van der Waals surface area contributed by atoms with Crippen LogP contribution in [0.3, 0.4) is 0 Å². The molecule has 13 heavy (non-hydrogen) atoms. The molecule has 74 valence electrons. The lowest BCUT2D eigenvalue weighted by molar-refractivity contribution is 0.355. The molecule has 2 nitrogen and oxygen atoms in total. The van der Waals surface area contributed by atoms with E-state index >= 15 is 0 Å². The topological polar surface area (TPSA) is 17.8 Å². The summed E-state index contributed by atoms with van der Waals surface area (Å²) < 4.78 is 2.02. The Morgan fingerprint density at radius 3 is 2.54 bits per heavy atom. The second kappa shape index (κ2) is 3.82. The lowest BCUT2D eigenvalue weighted by Gasteiger charge is -2.18. The first-order valence-electron chi connectivity index (χ1n) is 4.56. The minimum atomic E-state index is 0.0876. The minimum absolute atomic E-state index is 0.0876. The van der Waals surface area contributed by atoms with Crippen molar-refractivity contribution in [3.05, 3.63) is 18.0 Å². The zero-order valence-corrected chi connectivity index (χ0v) is 10.3. The van der Waals surface area contributed by atoms with Crippen molar-refractivity contribution in [2.75, 3.05) is 5.33 Å². The van der Waals surface area contributed by atoms with Gasteiger partial charge in [-0.1, -0.05) is 22.9 Å². The van der Waals surface area contributed by atoms with E-state index in [0.717, 1.165) is 5.33 Å². The van der Waals surface area contributed by atoms with Gasteiger partial charge < -0.3 is 0 Å². The van der Waals surface area contributed by atoms with Crippen LogP contribution in [0.1, 0.15) is 39.2 Å². The highest BCUT2D eigenvalue weighted by molar-refractivity contribution is 9.09. The highest BCUT2D eigenvalue weighted by Crippen LogP contribution is 2.20. The average molecular weight is 245 g/mol. The molecule has 0 saturated carbocycles. The van der Waals surface area contributed by atoms with Gasteiger partial charge in [-0.2, -0.15) is 5.10 Å². The fourth-order valence-corrected chi connectivity index (χ4v) is 1.42. The number of halogens is 1. The Hall–Kier alpha value is -0.310. The van der Waals surface area contributed by atoms with Crippen molar-refractivity contribution in [2.45, 2.75) is 39.2 Å². The first kappa shape index (κ1) is 10.8. The van der Waals surface area contributed by atoms with Crippen molar-refractivity contribution >= 4 is 15.9 Å². The number of alkyl halides is 1. The SMILES string of the molecule is CC(CBr)c1cnn(C(C)(C)C)c1. The highest BCUT2D eigenvalue weighted by Gasteiger charge is 2.15. The van der Waals surface area contributed by atoms with Gasteiger partial charge >= 0.3 is 0 Å². The second-order valence-electron chi connectivity index (χ2n) is 4.44. The Labute approximate surface area is 88.5 Å². The van der Waals surface area contributed by atoms with Crippen LogP contribution < -0.4 is 0 Å². The lowest BCUT2D eigenvalue weighted by Crippen LogP contribution is -2.21. The summed E-state index contributed by atoms with van der Waals surface area (Å²) in [5, 5.41) is 5.34. The van der Waals surface area contributed by atoms with Gasteiger partial charge in [0.1, 0.15) is 0 Å². The number of nitrogens with zero attached hydrogens (tertiary/aromatic N) is 2. The van der Waals surface area contributed by atoms with E-state index in [4.69, 9.17) is 0 Å². The van der Waals surface area contributed by atoms with Gasteiger partial charge in [-0.3, -0.25) is 4.68 Å². The molecule has 0 saturated heterocycles. The molecule has 0 bridgehead atoms. The van der Waals surface area contributed by atoms with E-state index in [9.17, 15) is 0 Å². The fourth-order valence-electron chi connectivity index (χ4n) is 1.05. The number of hydrogen-bond donors (Lipinski definition) is 0. The number of hydrogen-bond acceptors (Lipinski definition) is 1. The molecule has 1 rings (SSSR count). The van der Waals surface area contributed by atoms with Crippen molar-refractivity contribution in [2.24, 2.45) is 0 Å². The third-order valence-electron chi connectivity index (χ3n) is 2.09. The molecule has 0 aromatic carbocycles. The summed E-state index contributed by atoms with van der Waals surface area (Å²) in [6, 6.07) is 0. The van der Waals surface area contributed by atoms with Gasteiger partial charge in [-0.05, 0) is 32.3 Å². The van der Waals surface area contributed by atoms with E-state index in [-0.39, 0.29) is 5.54 Å². The summed E-state index contributed by atoms with van der Waals surface area (Å²) in [6.45, 7) is 8.66. The molecule has 0 aliphatic rings. The highest BCUT2D eigenvalue weighted by atomic mass is 79.9. The predicted molar refractivity (Wildman–Crippen MR) is 59.4 cm³/mol. The Balaban J connectivity index is 2.87. The van der Waals surface area contributed by atoms with Crippen molar-refractivity contribution in [3.63, 3.8) is 0 Å². The van der Waals surface area contributed by atoms with Crippen LogP contribution in [0.25, 0.3) is 0 Å². The van der Waals surface area contributed by atoms with E-state index in [1.54, 1.807) is 0 Å². The Morgan fingerprint density at radius 2 is 2.15 bits per heavy atom. The molecule has 1 aromatic rings. The van der Waals surface area contributed by atoms with Gasteiger partial charge in [-0.15, -0.1) is 0 Å². The van der Waals surface area contributed by atoms with E-state index in [1.165, 1.54) is 5.56 Å². The molecule has 3 heteroatoms. The molecule has 1 heterocycles. The van der Waals surface area contributed by atoms with Crippen LogP contribution in [-0.2, 0) is 5.54 Å². The molecular weight excluding hydrogens is 228 g/mol. The van der Waals surface area contributed by atoms with Gasteiger partial charge in [0.05, 0.1) is 11.7 Å². The summed E-state index contributed by atoms with van der Waals surface area (Å²) in [6.07, 6.45) is 4.09. The summed E-state index contributed by atoms with van der Waals surface area (Å²) in [4.78, 5) is 0. The third kappa shape index (κ3) is 2.56. The van der Waals surface area contributed by atoms with Gasteiger partial charge in [0.25, 0.3) is 0 Å². The zero-order valence-electron chi connectivity index (χ0n) is 8.71. The van der Waals surface area contributed by atoms with E-state index in [1.807, 2.05) is 10.9 Å². The van der Waals surface area contributed by atoms with Crippen LogP contribution in [-0.4, -0.2) is 15.1 Å². The monoisotopic (exact) mass is 244 g/mol. The van der Waals surface area contributed by atoms with Crippen LogP contribution in [0.4, 0.5) is 0 Å². The molecule has 0 amide bonds. The average Bonchev–Trinajstić information content (AvgIpc) is 2.50. The molecule has 0 N–H and O–H groups in total. The summed E-state index contributed by atoms with van der Waals surface area (Å²) >= 11 is 3.47. The summed E-state index contributed by atoms with van der Waals surface area (Å²) in [7, 11) is 0. The summed E-state index contributed by atoms with van der Waals surface area (Å²) in [5.74, 6) is 0.538. The molecule has 0 aliphatic carbocycles. The normalized spacial score (nSPS) is 14.5. The van der Waals surface area contributed by atoms with E-state index in [0.29, 0.717) is 5.92 Å². The quantitative estimate of drug-likeness (QED) is 0.732. The van der Waals surface area contributed by atoms with Crippen molar-refractivity contribution in [1.82, 2.24) is 9.78 Å². The molecule has 1 unspecified atom stereocenters. The van der Waals surface area contributed by atoms with E-state index in [2.05, 4.69) is 54.9 Å². The maximum absolute atomic E-state index is 4.35. The Kier molecular flexibility index (Phi) is 3.17.